The van der Waals surface area contributed by atoms with Crippen molar-refractivity contribution in [2.45, 2.75) is 75.9 Å². The molecule has 2 N–H and O–H groups in total. The average molecular weight is 767 g/mol. The maximum Gasteiger partial charge on any atom is 0.432 e. The maximum atomic E-state index is 17.1. The molecule has 10 rings (SSSR count). The highest BCUT2D eigenvalue weighted by Crippen LogP contribution is 2.51. The van der Waals surface area contributed by atoms with Gasteiger partial charge in [-0.1, -0.05) is 35.3 Å². The quantitative estimate of drug-likeness (QED) is 0.153. The van der Waals surface area contributed by atoms with E-state index in [1.54, 1.807) is 18.2 Å². The number of aromatic nitrogens is 4. The predicted molar refractivity (Wildman–Crippen MR) is 190 cm³/mol. The van der Waals surface area contributed by atoms with E-state index in [-0.39, 0.29) is 70.3 Å². The Morgan fingerprint density at radius 3 is 2.64 bits per heavy atom. The number of pyridine rings is 1. The second kappa shape index (κ2) is 12.6. The van der Waals surface area contributed by atoms with Crippen molar-refractivity contribution < 1.29 is 27.1 Å². The summed E-state index contributed by atoms with van der Waals surface area (Å²) in [6, 6.07) is 11.7. The topological polar surface area (TPSA) is 112 Å². The number of fused-ring (bicyclic) bond motifs is 4. The second-order valence-corrected chi connectivity index (χ2v) is 15.4. The van der Waals surface area contributed by atoms with Crippen LogP contribution in [0.2, 0.25) is 10.0 Å². The Kier molecular flexibility index (Phi) is 8.18. The van der Waals surface area contributed by atoms with Crippen molar-refractivity contribution in [3.63, 3.8) is 0 Å². The van der Waals surface area contributed by atoms with Crippen LogP contribution in [0.25, 0.3) is 32.9 Å². The van der Waals surface area contributed by atoms with E-state index in [4.69, 9.17) is 32.9 Å². The van der Waals surface area contributed by atoms with E-state index < -0.39 is 29.8 Å². The number of hydrogen-bond acceptors (Lipinski definition) is 6. The number of ether oxygens (including phenoxy) is 1. The average Bonchev–Trinajstić information content (AvgIpc) is 3.59. The molecule has 53 heavy (non-hydrogen) atoms. The van der Waals surface area contributed by atoms with Crippen molar-refractivity contribution in [3.05, 3.63) is 74.9 Å². The molecule has 0 unspecified atom stereocenters. The molecular weight excluding hydrogens is 733 g/mol. The first-order valence-electron chi connectivity index (χ1n) is 17.7. The molecule has 0 radical (unpaired) electrons. The number of H-pyrrole nitrogens is 1. The zero-order chi connectivity index (χ0) is 36.9. The maximum absolute atomic E-state index is 17.1. The highest BCUT2D eigenvalue weighted by atomic mass is 35.5. The lowest BCUT2D eigenvalue weighted by Gasteiger charge is -2.39. The van der Waals surface area contributed by atoms with Gasteiger partial charge >= 0.3 is 6.18 Å². The fourth-order valence-corrected chi connectivity index (χ4v) is 9.14. The first-order chi connectivity index (χ1) is 25.4. The first kappa shape index (κ1) is 34.4. The van der Waals surface area contributed by atoms with Gasteiger partial charge in [0.25, 0.3) is 0 Å². The summed E-state index contributed by atoms with van der Waals surface area (Å²) in [5, 5.41) is 20.8. The standard InChI is InChI=1S/C38H33Cl2F4N7O2/c1-17-23-13-28(27-12-21(16-50(27)37(52)18-7-8-18)53-30-14-29(48-49-30)38(42,43)44)51(35-20-11-26(35)46-15-20)36(23)24-10-19(4-3-9-45)31(33(41)34(24)47-17)22-5-2-6-25(39)32(22)40/h2,5-6,10,13-14,18,20-21,26-27,35,46H,3-4,7-8,11-12,15-16H2,1H3,(H,48,49)/t20-,21+,26-,27-,35+/m1/s1. The smallest absolute Gasteiger partial charge is 0.432 e. The molecule has 2 saturated carbocycles. The number of hydrogen-bond donors (Lipinski definition) is 2. The van der Waals surface area contributed by atoms with Gasteiger partial charge in [-0.3, -0.25) is 9.89 Å². The van der Waals surface area contributed by atoms with Gasteiger partial charge in [-0.15, -0.1) is 5.10 Å². The van der Waals surface area contributed by atoms with Crippen LogP contribution in [0.4, 0.5) is 17.6 Å². The zero-order valence-corrected chi connectivity index (χ0v) is 29.9. The first-order valence-corrected chi connectivity index (χ1v) is 18.5. The minimum Gasteiger partial charge on any atom is -0.471 e. The van der Waals surface area contributed by atoms with Gasteiger partial charge in [-0.2, -0.15) is 18.4 Å². The highest BCUT2D eigenvalue weighted by molar-refractivity contribution is 6.43. The third-order valence-electron chi connectivity index (χ3n) is 11.4. The molecule has 3 aliphatic heterocycles. The van der Waals surface area contributed by atoms with Gasteiger partial charge in [-0.05, 0) is 62.3 Å². The Hall–Kier alpha value is -4.38. The summed E-state index contributed by atoms with van der Waals surface area (Å²) in [5.74, 6) is -0.582. The number of nitrogens with zero attached hydrogens (tertiary/aromatic N) is 5. The Balaban J connectivity index is 1.23. The molecule has 5 atom stereocenters. The SMILES string of the molecule is Cc1nc2c(F)c(-c3cccc(Cl)c3Cl)c(CCC#N)cc2c2c1cc([C@H]1C[C@H](Oc3cc(C(F)(F)F)[nH]n3)CN1C(=O)C1CC1)n2[C@H]1[C@H]2CN[C@@H]1C2. The number of aromatic amines is 1. The number of aryl methyl sites for hydroxylation is 2. The van der Waals surface area contributed by atoms with Crippen LogP contribution in [-0.2, 0) is 17.4 Å². The number of amides is 1. The summed E-state index contributed by atoms with van der Waals surface area (Å²) in [4.78, 5) is 20.5. The molecule has 0 spiro atoms. The molecule has 5 aliphatic rings. The van der Waals surface area contributed by atoms with Crippen molar-refractivity contribution in [2.75, 3.05) is 13.1 Å². The fourth-order valence-electron chi connectivity index (χ4n) is 8.75. The second-order valence-electron chi connectivity index (χ2n) is 14.7. The van der Waals surface area contributed by atoms with E-state index in [1.165, 1.54) is 0 Å². The summed E-state index contributed by atoms with van der Waals surface area (Å²) in [6.07, 6.45) is -1.97. The fraction of sp³-hybridized carbons (Fsp3) is 0.421. The summed E-state index contributed by atoms with van der Waals surface area (Å²) in [7, 11) is 0. The summed E-state index contributed by atoms with van der Waals surface area (Å²) in [5.41, 5.74) is 2.63. The van der Waals surface area contributed by atoms with Crippen LogP contribution in [0.15, 0.2) is 36.4 Å². The van der Waals surface area contributed by atoms with E-state index >= 15 is 4.39 Å². The Labute approximate surface area is 311 Å². The largest absolute Gasteiger partial charge is 0.471 e. The summed E-state index contributed by atoms with van der Waals surface area (Å²) < 4.78 is 65.5. The van der Waals surface area contributed by atoms with E-state index in [2.05, 4.69) is 21.1 Å². The van der Waals surface area contributed by atoms with E-state index in [0.29, 0.717) is 34.5 Å². The molecule has 15 heteroatoms. The molecule has 3 aromatic heterocycles. The highest BCUT2D eigenvalue weighted by Gasteiger charge is 2.51. The van der Waals surface area contributed by atoms with Gasteiger partial charge < -0.3 is 19.5 Å². The Bertz CT molecular complexity index is 2350. The molecule has 6 heterocycles. The number of carbonyl (C=O) groups excluding carboxylic acids is 1. The zero-order valence-electron chi connectivity index (χ0n) is 28.4. The lowest BCUT2D eigenvalue weighted by Crippen LogP contribution is -2.41. The van der Waals surface area contributed by atoms with Crippen molar-refractivity contribution in [3.8, 4) is 23.1 Å². The molecule has 5 fully saturated rings. The van der Waals surface area contributed by atoms with Gasteiger partial charge in [0, 0.05) is 70.7 Å². The number of benzene rings is 2. The molecule has 1 amide bonds. The Morgan fingerprint density at radius 2 is 1.96 bits per heavy atom. The van der Waals surface area contributed by atoms with Gasteiger partial charge in [0.15, 0.2) is 5.82 Å². The van der Waals surface area contributed by atoms with Crippen molar-refractivity contribution in [1.82, 2.24) is 30.0 Å². The van der Waals surface area contributed by atoms with Gasteiger partial charge in [0.05, 0.1) is 40.3 Å². The van der Waals surface area contributed by atoms with Crippen LogP contribution < -0.4 is 10.1 Å². The molecule has 274 valence electrons. The van der Waals surface area contributed by atoms with E-state index in [0.717, 1.165) is 48.5 Å². The number of nitriles is 1. The van der Waals surface area contributed by atoms with Crippen molar-refractivity contribution >= 4 is 50.9 Å². The summed E-state index contributed by atoms with van der Waals surface area (Å²) >= 11 is 13.0. The number of carbonyl (C=O) groups is 1. The monoisotopic (exact) mass is 765 g/mol. The van der Waals surface area contributed by atoms with Crippen molar-refractivity contribution in [1.29, 1.82) is 5.26 Å². The minimum atomic E-state index is -4.61. The molecule has 5 aromatic rings. The third kappa shape index (κ3) is 5.63. The lowest BCUT2D eigenvalue weighted by atomic mass is 9.79. The molecule has 3 saturated heterocycles. The van der Waals surface area contributed by atoms with Crippen LogP contribution in [0.5, 0.6) is 5.88 Å². The van der Waals surface area contributed by atoms with Gasteiger partial charge in [-0.25, -0.2) is 9.37 Å². The van der Waals surface area contributed by atoms with Crippen LogP contribution >= 0.6 is 23.2 Å². The van der Waals surface area contributed by atoms with Gasteiger partial charge in [0.1, 0.15) is 17.3 Å². The number of rotatable bonds is 8. The number of alkyl halides is 3. The molecule has 2 aromatic carbocycles. The van der Waals surface area contributed by atoms with Crippen LogP contribution in [0, 0.1) is 35.9 Å². The van der Waals surface area contributed by atoms with Crippen molar-refractivity contribution in [2.24, 2.45) is 11.8 Å². The van der Waals surface area contributed by atoms with Gasteiger partial charge in [0.2, 0.25) is 11.8 Å². The normalized spacial score (nSPS) is 23.9. The Morgan fingerprint density at radius 1 is 1.15 bits per heavy atom. The number of likely N-dealkylation sites (tertiary alicyclic amines) is 1. The molecular formula is C38H33Cl2F4N7O2. The molecule has 9 nitrogen and oxygen atoms in total. The van der Waals surface area contributed by atoms with Crippen LogP contribution in [-0.4, -0.2) is 55.8 Å². The van der Waals surface area contributed by atoms with Crippen LogP contribution in [0.3, 0.4) is 0 Å². The minimum absolute atomic E-state index is 0.0127. The summed E-state index contributed by atoms with van der Waals surface area (Å²) in [6.45, 7) is 2.83. The van der Waals surface area contributed by atoms with E-state index in [1.807, 2.05) is 29.1 Å². The predicted octanol–water partition coefficient (Wildman–Crippen LogP) is 8.47. The lowest BCUT2D eigenvalue weighted by molar-refractivity contribution is -0.141. The molecule has 2 bridgehead atoms. The number of nitrogens with one attached hydrogen (secondary N) is 2. The van der Waals surface area contributed by atoms with Crippen LogP contribution in [0.1, 0.15) is 66.8 Å². The molecule has 2 aliphatic carbocycles. The third-order valence-corrected chi connectivity index (χ3v) is 12.2. The van der Waals surface area contributed by atoms with E-state index in [9.17, 15) is 23.2 Å². The number of halogens is 6.